The van der Waals surface area contributed by atoms with E-state index in [2.05, 4.69) is 29.3 Å². The topological polar surface area (TPSA) is 21.6 Å². The Morgan fingerprint density at radius 2 is 1.33 bits per heavy atom. The summed E-state index contributed by atoms with van der Waals surface area (Å²) in [6, 6.07) is 31.1. The molecule has 0 spiro atoms. The van der Waals surface area contributed by atoms with Crippen molar-refractivity contribution in [2.75, 3.05) is 0 Å². The van der Waals surface area contributed by atoms with E-state index < -0.39 is 0 Å². The Hall–Kier alpha value is -2.72. The zero-order valence-corrected chi connectivity index (χ0v) is 18.2. The highest BCUT2D eigenvalue weighted by molar-refractivity contribution is 7.99. The molecule has 0 amide bonds. The van der Waals surface area contributed by atoms with E-state index in [9.17, 15) is 0 Å². The molecule has 0 aliphatic carbocycles. The fourth-order valence-corrected chi connectivity index (χ4v) is 3.78. The first-order valence-electron chi connectivity index (χ1n) is 9.26. The van der Waals surface area contributed by atoms with Gasteiger partial charge >= 0.3 is 0 Å². The monoisotopic (exact) mass is 449 g/mol. The molecule has 0 bridgehead atoms. The van der Waals surface area contributed by atoms with Crippen LogP contribution < -0.4 is 4.74 Å². The molecular weight excluding hydrogens is 433 g/mol. The van der Waals surface area contributed by atoms with Crippen LogP contribution in [-0.4, -0.2) is 6.21 Å². The highest BCUT2D eigenvalue weighted by Gasteiger charge is 2.02. The molecule has 0 aromatic heterocycles. The van der Waals surface area contributed by atoms with Crippen LogP contribution in [0.3, 0.4) is 0 Å². The number of ether oxygens (including phenoxy) is 1. The Balaban J connectivity index is 1.37. The summed E-state index contributed by atoms with van der Waals surface area (Å²) in [4.78, 5) is 6.85. The molecule has 148 valence electrons. The predicted molar refractivity (Wildman–Crippen MR) is 127 cm³/mol. The minimum absolute atomic E-state index is 0.581. The lowest BCUT2D eigenvalue weighted by Gasteiger charge is -2.07. The van der Waals surface area contributed by atoms with Crippen LogP contribution in [0.5, 0.6) is 11.5 Å². The van der Waals surface area contributed by atoms with Gasteiger partial charge in [-0.2, -0.15) is 0 Å². The number of nitrogens with zero attached hydrogens (tertiary/aromatic N) is 1. The summed E-state index contributed by atoms with van der Waals surface area (Å²) in [6.07, 6.45) is 1.85. The van der Waals surface area contributed by atoms with Crippen molar-refractivity contribution in [3.05, 3.63) is 113 Å². The highest BCUT2D eigenvalue weighted by atomic mass is 35.5. The van der Waals surface area contributed by atoms with Crippen LogP contribution in [0.2, 0.25) is 10.0 Å². The molecule has 0 N–H and O–H groups in total. The molecular formula is C25H17Cl2NOS. The van der Waals surface area contributed by atoms with E-state index in [1.807, 2.05) is 72.9 Å². The number of hydrogen-bond acceptors (Lipinski definition) is 3. The molecule has 30 heavy (non-hydrogen) atoms. The standard InChI is InChI=1S/C25H17Cl2NOS/c26-19-7-15-23(16-8-19)30-22-13-5-18(6-14-22)17-28-20-9-11-21(12-10-20)29-25-4-2-1-3-24(25)27/h1-17H. The van der Waals surface area contributed by atoms with Crippen molar-refractivity contribution < 1.29 is 4.74 Å². The van der Waals surface area contributed by atoms with Crippen LogP contribution in [-0.2, 0) is 0 Å². The van der Waals surface area contributed by atoms with Crippen molar-refractivity contribution in [1.82, 2.24) is 0 Å². The van der Waals surface area contributed by atoms with Crippen LogP contribution in [0.25, 0.3) is 0 Å². The molecule has 4 aromatic carbocycles. The normalized spacial score (nSPS) is 11.0. The maximum atomic E-state index is 6.13. The summed E-state index contributed by atoms with van der Waals surface area (Å²) in [5, 5.41) is 1.33. The lowest BCUT2D eigenvalue weighted by atomic mass is 10.2. The molecule has 0 atom stereocenters. The molecule has 5 heteroatoms. The van der Waals surface area contributed by atoms with Crippen LogP contribution in [0.4, 0.5) is 5.69 Å². The van der Waals surface area contributed by atoms with Gasteiger partial charge in [-0.05, 0) is 78.4 Å². The van der Waals surface area contributed by atoms with E-state index in [4.69, 9.17) is 27.9 Å². The van der Waals surface area contributed by atoms with E-state index in [-0.39, 0.29) is 0 Å². The first-order valence-corrected chi connectivity index (χ1v) is 10.8. The second kappa shape index (κ2) is 9.86. The summed E-state index contributed by atoms with van der Waals surface area (Å²) in [5.74, 6) is 1.35. The van der Waals surface area contributed by atoms with Gasteiger partial charge in [-0.1, -0.05) is 59.2 Å². The Morgan fingerprint density at radius 3 is 2.00 bits per heavy atom. The number of hydrogen-bond donors (Lipinski definition) is 0. The third kappa shape index (κ3) is 5.67. The zero-order valence-electron chi connectivity index (χ0n) is 15.8. The van der Waals surface area contributed by atoms with Gasteiger partial charge in [-0.25, -0.2) is 0 Å². The Morgan fingerprint density at radius 1 is 0.700 bits per heavy atom. The first kappa shape index (κ1) is 20.5. The molecule has 0 saturated carbocycles. The van der Waals surface area contributed by atoms with Gasteiger partial charge in [-0.3, -0.25) is 4.99 Å². The van der Waals surface area contributed by atoms with Crippen molar-refractivity contribution in [2.24, 2.45) is 4.99 Å². The minimum Gasteiger partial charge on any atom is -0.456 e. The molecule has 0 radical (unpaired) electrons. The van der Waals surface area contributed by atoms with Crippen LogP contribution in [0, 0.1) is 0 Å². The summed E-state index contributed by atoms with van der Waals surface area (Å²) < 4.78 is 5.80. The third-order valence-corrected chi connectivity index (χ3v) is 5.77. The fourth-order valence-electron chi connectivity index (χ4n) is 2.66. The van der Waals surface area contributed by atoms with Crippen molar-refractivity contribution in [2.45, 2.75) is 9.79 Å². The molecule has 4 aromatic rings. The number of rotatable bonds is 6. The predicted octanol–water partition coefficient (Wildman–Crippen LogP) is 8.69. The number of para-hydroxylation sites is 1. The average Bonchev–Trinajstić information content (AvgIpc) is 2.77. The summed E-state index contributed by atoms with van der Waals surface area (Å²) in [6.45, 7) is 0. The third-order valence-electron chi connectivity index (χ3n) is 4.19. The summed E-state index contributed by atoms with van der Waals surface area (Å²) in [7, 11) is 0. The first-order chi connectivity index (χ1) is 14.7. The Labute approximate surface area is 190 Å². The Bertz CT molecular complexity index is 1140. The molecule has 0 saturated heterocycles. The molecule has 0 heterocycles. The molecule has 0 fully saturated rings. The Kier molecular flexibility index (Phi) is 6.75. The van der Waals surface area contributed by atoms with Crippen molar-refractivity contribution in [3.63, 3.8) is 0 Å². The maximum absolute atomic E-state index is 6.13. The van der Waals surface area contributed by atoms with Gasteiger partial charge in [0.05, 0.1) is 10.7 Å². The van der Waals surface area contributed by atoms with Gasteiger partial charge in [0.25, 0.3) is 0 Å². The lowest BCUT2D eigenvalue weighted by Crippen LogP contribution is -1.84. The van der Waals surface area contributed by atoms with E-state index in [1.165, 1.54) is 0 Å². The lowest BCUT2D eigenvalue weighted by molar-refractivity contribution is 0.483. The molecule has 0 unspecified atom stereocenters. The van der Waals surface area contributed by atoms with Crippen LogP contribution >= 0.6 is 35.0 Å². The van der Waals surface area contributed by atoms with Gasteiger partial charge in [0.15, 0.2) is 0 Å². The smallest absolute Gasteiger partial charge is 0.146 e. The van der Waals surface area contributed by atoms with Gasteiger partial charge in [0.1, 0.15) is 11.5 Å². The molecule has 0 aliphatic rings. The van der Waals surface area contributed by atoms with Crippen LogP contribution in [0.1, 0.15) is 5.56 Å². The zero-order chi connectivity index (χ0) is 20.8. The number of halogens is 2. The van der Waals surface area contributed by atoms with Gasteiger partial charge in [-0.15, -0.1) is 0 Å². The van der Waals surface area contributed by atoms with Crippen molar-refractivity contribution in [1.29, 1.82) is 0 Å². The van der Waals surface area contributed by atoms with E-state index in [0.717, 1.165) is 26.1 Å². The second-order valence-corrected chi connectivity index (χ2v) is 8.40. The highest BCUT2D eigenvalue weighted by Crippen LogP contribution is 2.30. The minimum atomic E-state index is 0.581. The van der Waals surface area contributed by atoms with Crippen molar-refractivity contribution in [3.8, 4) is 11.5 Å². The van der Waals surface area contributed by atoms with Gasteiger partial charge in [0.2, 0.25) is 0 Å². The van der Waals surface area contributed by atoms with Gasteiger partial charge in [0, 0.05) is 21.0 Å². The van der Waals surface area contributed by atoms with Crippen molar-refractivity contribution >= 4 is 46.9 Å². The van der Waals surface area contributed by atoms with Crippen LogP contribution in [0.15, 0.2) is 112 Å². The summed E-state index contributed by atoms with van der Waals surface area (Å²) >= 11 is 13.8. The molecule has 4 rings (SSSR count). The van der Waals surface area contributed by atoms with E-state index >= 15 is 0 Å². The fraction of sp³-hybridized carbons (Fsp3) is 0. The number of benzene rings is 4. The number of aliphatic imine (C=N–C) groups is 1. The SMILES string of the molecule is Clc1ccc(Sc2ccc(C=Nc3ccc(Oc4ccccc4Cl)cc3)cc2)cc1. The largest absolute Gasteiger partial charge is 0.456 e. The second-order valence-electron chi connectivity index (χ2n) is 6.41. The molecule has 2 nitrogen and oxygen atoms in total. The average molecular weight is 450 g/mol. The molecule has 0 aliphatic heterocycles. The van der Waals surface area contributed by atoms with E-state index in [1.54, 1.807) is 17.8 Å². The maximum Gasteiger partial charge on any atom is 0.146 e. The van der Waals surface area contributed by atoms with Gasteiger partial charge < -0.3 is 4.74 Å². The quantitative estimate of drug-likeness (QED) is 0.274. The summed E-state index contributed by atoms with van der Waals surface area (Å²) in [5.41, 5.74) is 1.88. The van der Waals surface area contributed by atoms with E-state index in [0.29, 0.717) is 16.5 Å².